The third kappa shape index (κ3) is 2.82. The molecule has 17 heavy (non-hydrogen) atoms. The minimum atomic E-state index is -0.180. The molecule has 1 aromatic heterocycles. The van der Waals surface area contributed by atoms with E-state index in [0.717, 1.165) is 5.75 Å². The van der Waals surface area contributed by atoms with Crippen molar-refractivity contribution in [2.75, 3.05) is 0 Å². The molecule has 0 amide bonds. The van der Waals surface area contributed by atoms with Crippen LogP contribution in [0.5, 0.6) is 5.75 Å². The fourth-order valence-corrected chi connectivity index (χ4v) is 1.63. The first kappa shape index (κ1) is 11.6. The SMILES string of the molecule is Cc1c(COc2ccccc2)[nH]c(=S)[nH]c1=O. The van der Waals surface area contributed by atoms with Crippen molar-refractivity contribution in [1.29, 1.82) is 0 Å². The Hall–Kier alpha value is -1.88. The lowest BCUT2D eigenvalue weighted by atomic mass is 10.2. The van der Waals surface area contributed by atoms with E-state index in [9.17, 15) is 4.79 Å². The van der Waals surface area contributed by atoms with Gasteiger partial charge in [-0.15, -0.1) is 0 Å². The molecule has 4 nitrogen and oxygen atoms in total. The van der Waals surface area contributed by atoms with Crippen LogP contribution in [0.15, 0.2) is 35.1 Å². The molecule has 0 atom stereocenters. The van der Waals surface area contributed by atoms with Crippen LogP contribution in [0.4, 0.5) is 0 Å². The Labute approximate surface area is 103 Å². The zero-order valence-electron chi connectivity index (χ0n) is 9.32. The molecule has 0 aliphatic heterocycles. The molecule has 0 aliphatic carbocycles. The van der Waals surface area contributed by atoms with Gasteiger partial charge in [-0.1, -0.05) is 18.2 Å². The zero-order chi connectivity index (χ0) is 12.3. The van der Waals surface area contributed by atoms with Gasteiger partial charge < -0.3 is 9.72 Å². The molecule has 2 rings (SSSR count). The smallest absolute Gasteiger partial charge is 0.254 e. The second-order valence-electron chi connectivity index (χ2n) is 3.61. The highest BCUT2D eigenvalue weighted by molar-refractivity contribution is 7.71. The maximum atomic E-state index is 11.5. The van der Waals surface area contributed by atoms with Crippen LogP contribution in [-0.2, 0) is 6.61 Å². The van der Waals surface area contributed by atoms with Crippen LogP contribution < -0.4 is 10.3 Å². The van der Waals surface area contributed by atoms with Gasteiger partial charge >= 0.3 is 0 Å². The number of hydrogen-bond donors (Lipinski definition) is 2. The van der Waals surface area contributed by atoms with Crippen molar-refractivity contribution in [1.82, 2.24) is 9.97 Å². The third-order valence-electron chi connectivity index (χ3n) is 2.41. The molecule has 0 fully saturated rings. The van der Waals surface area contributed by atoms with E-state index in [-0.39, 0.29) is 5.56 Å². The van der Waals surface area contributed by atoms with E-state index < -0.39 is 0 Å². The van der Waals surface area contributed by atoms with Crippen LogP contribution in [0.2, 0.25) is 0 Å². The second-order valence-corrected chi connectivity index (χ2v) is 4.02. The first-order chi connectivity index (χ1) is 8.16. The summed E-state index contributed by atoms with van der Waals surface area (Å²) in [6.07, 6.45) is 0. The Morgan fingerprint density at radius 2 is 1.94 bits per heavy atom. The molecule has 0 saturated carbocycles. The number of aromatic nitrogens is 2. The average Bonchev–Trinajstić information content (AvgIpc) is 2.33. The average molecular weight is 248 g/mol. The van der Waals surface area contributed by atoms with Crippen molar-refractivity contribution < 1.29 is 4.74 Å². The molecular weight excluding hydrogens is 236 g/mol. The van der Waals surface area contributed by atoms with Gasteiger partial charge in [0.1, 0.15) is 12.4 Å². The summed E-state index contributed by atoms with van der Waals surface area (Å²) in [6.45, 7) is 2.02. The monoisotopic (exact) mass is 248 g/mol. The fraction of sp³-hybridized carbons (Fsp3) is 0.167. The first-order valence-corrected chi connectivity index (χ1v) is 5.57. The van der Waals surface area contributed by atoms with Crippen LogP contribution in [0, 0.1) is 11.7 Å². The molecule has 2 aromatic rings. The Morgan fingerprint density at radius 3 is 2.65 bits per heavy atom. The number of benzene rings is 1. The lowest BCUT2D eigenvalue weighted by Gasteiger charge is -2.07. The van der Waals surface area contributed by atoms with E-state index in [4.69, 9.17) is 17.0 Å². The zero-order valence-corrected chi connectivity index (χ0v) is 10.1. The van der Waals surface area contributed by atoms with Crippen LogP contribution in [0.1, 0.15) is 11.3 Å². The number of rotatable bonds is 3. The van der Waals surface area contributed by atoms with Gasteiger partial charge in [0.25, 0.3) is 5.56 Å². The van der Waals surface area contributed by atoms with E-state index >= 15 is 0 Å². The first-order valence-electron chi connectivity index (χ1n) is 5.17. The van der Waals surface area contributed by atoms with Gasteiger partial charge in [0.2, 0.25) is 0 Å². The number of H-pyrrole nitrogens is 2. The molecule has 1 heterocycles. The summed E-state index contributed by atoms with van der Waals surface area (Å²) in [4.78, 5) is 16.9. The van der Waals surface area contributed by atoms with Gasteiger partial charge in [0.15, 0.2) is 4.77 Å². The Bertz CT molecular complexity index is 616. The quantitative estimate of drug-likeness (QED) is 0.819. The lowest BCUT2D eigenvalue weighted by Crippen LogP contribution is -2.16. The Kier molecular flexibility index (Phi) is 3.39. The van der Waals surface area contributed by atoms with E-state index in [1.165, 1.54) is 0 Å². The summed E-state index contributed by atoms with van der Waals surface area (Å²) in [5.41, 5.74) is 1.11. The molecular formula is C12H12N2O2S. The van der Waals surface area contributed by atoms with E-state index in [1.54, 1.807) is 6.92 Å². The highest BCUT2D eigenvalue weighted by atomic mass is 32.1. The number of ether oxygens (including phenoxy) is 1. The van der Waals surface area contributed by atoms with E-state index in [2.05, 4.69) is 9.97 Å². The maximum absolute atomic E-state index is 11.5. The lowest BCUT2D eigenvalue weighted by molar-refractivity contribution is 0.299. The van der Waals surface area contributed by atoms with Gasteiger partial charge in [0, 0.05) is 5.56 Å². The van der Waals surface area contributed by atoms with Gasteiger partial charge in [0.05, 0.1) is 5.69 Å². The van der Waals surface area contributed by atoms with Crippen molar-refractivity contribution in [2.45, 2.75) is 13.5 Å². The van der Waals surface area contributed by atoms with Crippen LogP contribution >= 0.6 is 12.2 Å². The Balaban J connectivity index is 2.20. The minimum Gasteiger partial charge on any atom is -0.487 e. The molecule has 0 bridgehead atoms. The fourth-order valence-electron chi connectivity index (χ4n) is 1.41. The van der Waals surface area contributed by atoms with Crippen LogP contribution in [-0.4, -0.2) is 9.97 Å². The Morgan fingerprint density at radius 1 is 1.24 bits per heavy atom. The molecule has 0 unspecified atom stereocenters. The normalized spacial score (nSPS) is 10.2. The van der Waals surface area contributed by atoms with Crippen LogP contribution in [0.3, 0.4) is 0 Å². The van der Waals surface area contributed by atoms with Gasteiger partial charge in [-0.2, -0.15) is 0 Å². The predicted octanol–water partition coefficient (Wildman–Crippen LogP) is 2.32. The summed E-state index contributed by atoms with van der Waals surface area (Å²) < 4.78 is 5.86. The topological polar surface area (TPSA) is 57.9 Å². The standard InChI is InChI=1S/C12H12N2O2S/c1-8-10(13-12(17)14-11(8)15)7-16-9-5-3-2-4-6-9/h2-6H,7H2,1H3,(H2,13,14,15,17). The molecule has 2 N–H and O–H groups in total. The number of nitrogens with one attached hydrogen (secondary N) is 2. The van der Waals surface area contributed by atoms with E-state index in [0.29, 0.717) is 22.6 Å². The molecule has 0 radical (unpaired) electrons. The van der Waals surface area contributed by atoms with Crippen molar-refractivity contribution in [3.8, 4) is 5.75 Å². The summed E-state index contributed by atoms with van der Waals surface area (Å²) >= 11 is 4.91. The van der Waals surface area contributed by atoms with Gasteiger partial charge in [-0.3, -0.25) is 9.78 Å². The highest BCUT2D eigenvalue weighted by Gasteiger charge is 2.03. The third-order valence-corrected chi connectivity index (χ3v) is 2.62. The largest absolute Gasteiger partial charge is 0.487 e. The highest BCUT2D eigenvalue weighted by Crippen LogP contribution is 2.11. The van der Waals surface area contributed by atoms with Crippen LogP contribution in [0.25, 0.3) is 0 Å². The van der Waals surface area contributed by atoms with Gasteiger partial charge in [-0.25, -0.2) is 0 Å². The number of aromatic amines is 2. The summed E-state index contributed by atoms with van der Waals surface area (Å²) in [7, 11) is 0. The number of hydrogen-bond acceptors (Lipinski definition) is 3. The number of para-hydroxylation sites is 1. The summed E-state index contributed by atoms with van der Waals surface area (Å²) in [5.74, 6) is 0.756. The molecule has 0 aliphatic rings. The van der Waals surface area contributed by atoms with Crippen molar-refractivity contribution in [3.63, 3.8) is 0 Å². The van der Waals surface area contributed by atoms with Crippen molar-refractivity contribution >= 4 is 12.2 Å². The maximum Gasteiger partial charge on any atom is 0.254 e. The molecule has 0 spiro atoms. The van der Waals surface area contributed by atoms with Crippen molar-refractivity contribution in [3.05, 3.63) is 56.7 Å². The van der Waals surface area contributed by atoms with Crippen molar-refractivity contribution in [2.24, 2.45) is 0 Å². The minimum absolute atomic E-state index is 0.180. The molecule has 88 valence electrons. The summed E-state index contributed by atoms with van der Waals surface area (Å²) in [5, 5.41) is 0. The molecule has 1 aromatic carbocycles. The predicted molar refractivity (Wildman–Crippen MR) is 67.8 cm³/mol. The van der Waals surface area contributed by atoms with Gasteiger partial charge in [-0.05, 0) is 31.3 Å². The summed E-state index contributed by atoms with van der Waals surface area (Å²) in [6, 6.07) is 9.41. The molecule has 5 heteroatoms. The van der Waals surface area contributed by atoms with E-state index in [1.807, 2.05) is 30.3 Å². The molecule has 0 saturated heterocycles. The second kappa shape index (κ2) is 4.97.